The fourth-order valence-electron chi connectivity index (χ4n) is 2.41. The Morgan fingerprint density at radius 3 is 2.58 bits per heavy atom. The van der Waals surface area contributed by atoms with E-state index in [0.29, 0.717) is 17.0 Å². The zero-order valence-electron chi connectivity index (χ0n) is 12.3. The molecule has 0 unspecified atom stereocenters. The highest BCUT2D eigenvalue weighted by molar-refractivity contribution is 5.99. The second-order valence-corrected chi connectivity index (χ2v) is 5.18. The summed E-state index contributed by atoms with van der Waals surface area (Å²) in [4.78, 5) is 34.9. The number of nitrogens with zero attached hydrogens (tertiary/aromatic N) is 2. The molecule has 122 valence electrons. The number of nitro benzene ring substituents is 1. The first-order valence-corrected chi connectivity index (χ1v) is 6.99. The summed E-state index contributed by atoms with van der Waals surface area (Å²) in [5, 5.41) is 19.8. The topological polar surface area (TPSA) is 110 Å². The Morgan fingerprint density at radius 1 is 1.25 bits per heavy atom. The molecule has 24 heavy (non-hydrogen) atoms. The Balaban J connectivity index is 1.93. The molecule has 2 aromatic rings. The smallest absolute Gasteiger partial charge is 0.335 e. The number of carbonyl (C=O) groups excluding carboxylic acids is 1. The molecule has 0 radical (unpaired) electrons. The van der Waals surface area contributed by atoms with Gasteiger partial charge in [0.2, 0.25) is 0 Å². The van der Waals surface area contributed by atoms with Gasteiger partial charge >= 0.3 is 5.97 Å². The van der Waals surface area contributed by atoms with Gasteiger partial charge in [-0.15, -0.1) is 0 Å². The highest BCUT2D eigenvalue weighted by Gasteiger charge is 2.26. The van der Waals surface area contributed by atoms with Crippen LogP contribution in [0.2, 0.25) is 0 Å². The minimum Gasteiger partial charge on any atom is -0.482 e. The number of amides is 1. The van der Waals surface area contributed by atoms with E-state index in [1.807, 2.05) is 0 Å². The van der Waals surface area contributed by atoms with Crippen molar-refractivity contribution in [3.8, 4) is 5.75 Å². The summed E-state index contributed by atoms with van der Waals surface area (Å²) in [6.45, 7) is 0.0165. The average Bonchev–Trinajstić information content (AvgIpc) is 2.57. The number of rotatable bonds is 4. The number of anilines is 1. The Labute approximate surface area is 136 Å². The fourth-order valence-corrected chi connectivity index (χ4v) is 2.41. The van der Waals surface area contributed by atoms with Crippen LogP contribution in [0, 0.1) is 10.1 Å². The minimum atomic E-state index is -1.11. The van der Waals surface area contributed by atoms with Crippen molar-refractivity contribution in [1.82, 2.24) is 0 Å². The third-order valence-electron chi connectivity index (χ3n) is 3.64. The van der Waals surface area contributed by atoms with Crippen LogP contribution in [0.15, 0.2) is 42.5 Å². The van der Waals surface area contributed by atoms with Gasteiger partial charge < -0.3 is 14.7 Å². The maximum atomic E-state index is 12.2. The molecule has 1 amide bonds. The molecule has 1 heterocycles. The summed E-state index contributed by atoms with van der Waals surface area (Å²) in [6, 6.07) is 10.1. The van der Waals surface area contributed by atoms with Gasteiger partial charge in [-0.25, -0.2) is 4.79 Å². The SMILES string of the molecule is O=C(O)c1ccc2c(c1)N(Cc1ccc([N+](=O)[O-])cc1)C(=O)CO2. The molecule has 1 aliphatic heterocycles. The summed E-state index contributed by atoms with van der Waals surface area (Å²) in [6.07, 6.45) is 0. The number of hydrogen-bond donors (Lipinski definition) is 1. The van der Waals surface area contributed by atoms with Gasteiger partial charge in [0, 0.05) is 12.1 Å². The van der Waals surface area contributed by atoms with E-state index < -0.39 is 10.9 Å². The van der Waals surface area contributed by atoms with Gasteiger partial charge in [-0.2, -0.15) is 0 Å². The lowest BCUT2D eigenvalue weighted by atomic mass is 10.1. The second kappa shape index (κ2) is 5.99. The highest BCUT2D eigenvalue weighted by atomic mass is 16.6. The summed E-state index contributed by atoms with van der Waals surface area (Å²) in [7, 11) is 0. The summed E-state index contributed by atoms with van der Waals surface area (Å²) >= 11 is 0. The van der Waals surface area contributed by atoms with Crippen molar-refractivity contribution < 1.29 is 24.4 Å². The van der Waals surface area contributed by atoms with E-state index in [9.17, 15) is 19.7 Å². The molecular formula is C16H12N2O6. The first kappa shape index (κ1) is 15.5. The van der Waals surface area contributed by atoms with Crippen LogP contribution >= 0.6 is 0 Å². The first-order chi connectivity index (χ1) is 11.5. The number of benzene rings is 2. The monoisotopic (exact) mass is 328 g/mol. The number of ether oxygens (including phenoxy) is 1. The highest BCUT2D eigenvalue weighted by Crippen LogP contribution is 2.34. The summed E-state index contributed by atoms with van der Waals surface area (Å²) in [5.74, 6) is -1.00. The summed E-state index contributed by atoms with van der Waals surface area (Å²) in [5.41, 5.74) is 1.05. The van der Waals surface area contributed by atoms with Crippen LogP contribution in [0.5, 0.6) is 5.75 Å². The van der Waals surface area contributed by atoms with E-state index in [1.54, 1.807) is 12.1 Å². The lowest BCUT2D eigenvalue weighted by molar-refractivity contribution is -0.384. The van der Waals surface area contributed by atoms with E-state index in [0.717, 1.165) is 0 Å². The molecular weight excluding hydrogens is 316 g/mol. The van der Waals surface area contributed by atoms with Gasteiger partial charge in [-0.3, -0.25) is 14.9 Å². The molecule has 0 spiro atoms. The normalized spacial score (nSPS) is 13.2. The predicted octanol–water partition coefficient (Wildman–Crippen LogP) is 2.22. The number of carboxylic acid groups (broad SMARTS) is 1. The third kappa shape index (κ3) is 2.89. The zero-order chi connectivity index (χ0) is 17.3. The van der Waals surface area contributed by atoms with Crippen LogP contribution in [0.3, 0.4) is 0 Å². The number of non-ortho nitro benzene ring substituents is 1. The second-order valence-electron chi connectivity index (χ2n) is 5.18. The van der Waals surface area contributed by atoms with Crippen molar-refractivity contribution in [1.29, 1.82) is 0 Å². The Kier molecular flexibility index (Phi) is 3.87. The van der Waals surface area contributed by atoms with Crippen molar-refractivity contribution in [3.05, 3.63) is 63.7 Å². The Morgan fingerprint density at radius 2 is 1.96 bits per heavy atom. The molecule has 0 aliphatic carbocycles. The molecule has 0 saturated carbocycles. The van der Waals surface area contributed by atoms with Crippen LogP contribution in [-0.4, -0.2) is 28.5 Å². The third-order valence-corrected chi connectivity index (χ3v) is 3.64. The first-order valence-electron chi connectivity index (χ1n) is 6.99. The Bertz CT molecular complexity index is 831. The molecule has 8 heteroatoms. The van der Waals surface area contributed by atoms with Gasteiger partial charge in [0.1, 0.15) is 5.75 Å². The predicted molar refractivity (Wildman–Crippen MR) is 83.2 cm³/mol. The van der Waals surface area contributed by atoms with E-state index in [4.69, 9.17) is 9.84 Å². The van der Waals surface area contributed by atoms with Crippen LogP contribution in [0.25, 0.3) is 0 Å². The lowest BCUT2D eigenvalue weighted by Crippen LogP contribution is -2.38. The number of nitro groups is 1. The van der Waals surface area contributed by atoms with Crippen molar-refractivity contribution in [3.63, 3.8) is 0 Å². The average molecular weight is 328 g/mol. The van der Waals surface area contributed by atoms with Crippen molar-refractivity contribution >= 4 is 23.3 Å². The minimum absolute atomic E-state index is 0.0411. The van der Waals surface area contributed by atoms with E-state index in [-0.39, 0.29) is 30.3 Å². The van der Waals surface area contributed by atoms with E-state index in [1.165, 1.54) is 35.2 Å². The lowest BCUT2D eigenvalue weighted by Gasteiger charge is -2.29. The largest absolute Gasteiger partial charge is 0.482 e. The number of hydrogen-bond acceptors (Lipinski definition) is 5. The fraction of sp³-hybridized carbons (Fsp3) is 0.125. The van der Waals surface area contributed by atoms with Gasteiger partial charge in [0.15, 0.2) is 6.61 Å². The van der Waals surface area contributed by atoms with Gasteiger partial charge in [0.05, 0.1) is 22.7 Å². The number of carbonyl (C=O) groups is 2. The molecule has 0 atom stereocenters. The molecule has 1 N–H and O–H groups in total. The van der Waals surface area contributed by atoms with Gasteiger partial charge in [-0.05, 0) is 23.8 Å². The molecule has 0 aromatic heterocycles. The standard InChI is InChI=1S/C16H12N2O6/c19-15-9-24-14-6-3-11(16(20)21)7-13(14)17(15)8-10-1-4-12(5-2-10)18(22)23/h1-7H,8-9H2,(H,20,21). The van der Waals surface area contributed by atoms with E-state index >= 15 is 0 Å². The van der Waals surface area contributed by atoms with Crippen molar-refractivity contribution in [2.24, 2.45) is 0 Å². The molecule has 2 aromatic carbocycles. The van der Waals surface area contributed by atoms with Crippen molar-refractivity contribution in [2.45, 2.75) is 6.54 Å². The molecule has 0 fully saturated rings. The quantitative estimate of drug-likeness (QED) is 0.680. The van der Waals surface area contributed by atoms with Crippen LogP contribution in [0.4, 0.5) is 11.4 Å². The van der Waals surface area contributed by atoms with Crippen molar-refractivity contribution in [2.75, 3.05) is 11.5 Å². The number of carboxylic acids is 1. The number of fused-ring (bicyclic) bond motifs is 1. The van der Waals surface area contributed by atoms with Crippen LogP contribution in [-0.2, 0) is 11.3 Å². The molecule has 8 nitrogen and oxygen atoms in total. The van der Waals surface area contributed by atoms with Crippen LogP contribution in [0.1, 0.15) is 15.9 Å². The Hall–Kier alpha value is -3.42. The maximum absolute atomic E-state index is 12.2. The number of aromatic carboxylic acids is 1. The molecule has 0 saturated heterocycles. The van der Waals surface area contributed by atoms with Crippen LogP contribution < -0.4 is 9.64 Å². The van der Waals surface area contributed by atoms with E-state index in [2.05, 4.69) is 0 Å². The molecule has 1 aliphatic rings. The maximum Gasteiger partial charge on any atom is 0.335 e. The van der Waals surface area contributed by atoms with Gasteiger partial charge in [0.25, 0.3) is 11.6 Å². The summed E-state index contributed by atoms with van der Waals surface area (Å²) < 4.78 is 5.32. The van der Waals surface area contributed by atoms with Gasteiger partial charge in [-0.1, -0.05) is 12.1 Å². The molecule has 3 rings (SSSR count). The molecule has 0 bridgehead atoms. The zero-order valence-corrected chi connectivity index (χ0v) is 12.3.